The fraction of sp³-hybridized carbons (Fsp3) is 0.508. The molecule has 74 heavy (non-hydrogen) atoms. The van der Waals surface area contributed by atoms with Gasteiger partial charge in [-0.25, -0.2) is 9.97 Å². The third kappa shape index (κ3) is 13.4. The molecule has 1 fully saturated rings. The van der Waals surface area contributed by atoms with Gasteiger partial charge < -0.3 is 35.1 Å². The highest BCUT2D eigenvalue weighted by atomic mass is 32.1. The molecule has 0 saturated carbocycles. The summed E-state index contributed by atoms with van der Waals surface area (Å²) >= 11 is 1.59. The van der Waals surface area contributed by atoms with Crippen LogP contribution in [-0.4, -0.2) is 90.8 Å². The molecule has 14 nitrogen and oxygen atoms in total. The molecular formula is C59H74N6O8S. The summed E-state index contributed by atoms with van der Waals surface area (Å²) in [5.74, 6) is 0.389. The number of imidazole rings is 1. The maximum absolute atomic E-state index is 14.1. The molecule has 3 aliphatic rings. The zero-order valence-corrected chi connectivity index (χ0v) is 44.7. The number of hydrogen-bond donors (Lipinski definition) is 4. The lowest BCUT2D eigenvalue weighted by Crippen LogP contribution is -2.47. The number of benzene rings is 3. The van der Waals surface area contributed by atoms with Crippen LogP contribution in [-0.2, 0) is 51.6 Å². The van der Waals surface area contributed by atoms with Crippen molar-refractivity contribution in [3.8, 4) is 27.4 Å². The van der Waals surface area contributed by atoms with Crippen LogP contribution in [0.3, 0.4) is 0 Å². The van der Waals surface area contributed by atoms with E-state index in [0.717, 1.165) is 95.0 Å². The topological polar surface area (TPSA) is 193 Å². The number of rotatable bonds is 24. The average Bonchev–Trinajstić information content (AvgIpc) is 4.24. The van der Waals surface area contributed by atoms with Gasteiger partial charge in [-0.1, -0.05) is 70.0 Å². The van der Waals surface area contributed by atoms with Crippen LogP contribution in [0, 0.1) is 25.2 Å². The summed E-state index contributed by atoms with van der Waals surface area (Å²) in [7, 11) is 0. The van der Waals surface area contributed by atoms with E-state index in [2.05, 4.69) is 44.6 Å². The first-order chi connectivity index (χ1) is 35.6. The fourth-order valence-electron chi connectivity index (χ4n) is 10.8. The number of amides is 3. The number of nitrogens with zero attached hydrogens (tertiary/aromatic N) is 4. The number of unbranched alkanes of at least 4 members (excludes halogenated alkanes) is 3. The Labute approximate surface area is 439 Å². The Balaban J connectivity index is 0.718. The molecule has 8 rings (SSSR count). The number of Topliss-reactive ketones (excluding diaryl/α,β-unsaturated/α-hetero) is 2. The number of likely N-dealkylation sites (tertiary alicyclic amines) is 1. The van der Waals surface area contributed by atoms with E-state index >= 15 is 0 Å². The highest BCUT2D eigenvalue weighted by Crippen LogP contribution is 2.37. The summed E-state index contributed by atoms with van der Waals surface area (Å²) in [5, 5.41) is 27.0. The molecule has 1 aliphatic carbocycles. The number of aromatic nitrogens is 3. The van der Waals surface area contributed by atoms with Crippen molar-refractivity contribution >= 4 is 40.6 Å². The fourth-order valence-corrected chi connectivity index (χ4v) is 11.6. The second kappa shape index (κ2) is 24.5. The molecule has 0 bridgehead atoms. The maximum atomic E-state index is 14.1. The zero-order valence-electron chi connectivity index (χ0n) is 43.8. The second-order valence-electron chi connectivity index (χ2n) is 21.7. The Morgan fingerprint density at radius 1 is 0.919 bits per heavy atom. The molecule has 15 heteroatoms. The number of nitrogens with one attached hydrogen (secondary N) is 2. The molecule has 3 aromatic carbocycles. The SMILES string of the molecule is Cc1ncsc1-c1ccc(CCC(=O)[C@@H]2C[C@@H](O)CN2C(=O)[C@@H](CC(=O)CCCCCCC(=O)NCCCOc2cc(C(=O)N[C@@H]3CCc4ccc(-c5cn6c(n5)CCC6)cc43)cc(CO)c2C)C(C)(C)C)cc1. The number of thiazole rings is 1. The van der Waals surface area contributed by atoms with Gasteiger partial charge in [0.1, 0.15) is 17.4 Å². The molecule has 2 aliphatic heterocycles. The van der Waals surface area contributed by atoms with E-state index in [1.165, 1.54) is 10.5 Å². The number of aryl methyl sites for hydroxylation is 5. The molecule has 4 atom stereocenters. The molecule has 2 aromatic heterocycles. The number of β-amino-alcohol motifs (C(OH)–C–C–N with tert-alkyl or cyclic N) is 1. The van der Waals surface area contributed by atoms with E-state index in [9.17, 15) is 34.2 Å². The van der Waals surface area contributed by atoms with E-state index in [0.29, 0.717) is 68.6 Å². The van der Waals surface area contributed by atoms with Crippen LogP contribution in [0.15, 0.2) is 66.3 Å². The largest absolute Gasteiger partial charge is 0.493 e. The van der Waals surface area contributed by atoms with Crippen LogP contribution in [0.5, 0.6) is 5.75 Å². The van der Waals surface area contributed by atoms with E-state index in [1.54, 1.807) is 23.5 Å². The van der Waals surface area contributed by atoms with Crippen molar-refractivity contribution < 1.29 is 38.9 Å². The smallest absolute Gasteiger partial charge is 0.251 e. The second-order valence-corrected chi connectivity index (χ2v) is 22.5. The number of aliphatic hydroxyl groups is 2. The predicted octanol–water partition coefficient (Wildman–Crippen LogP) is 9.16. The van der Waals surface area contributed by atoms with Gasteiger partial charge in [-0.05, 0) is 116 Å². The summed E-state index contributed by atoms with van der Waals surface area (Å²) in [5.41, 5.74) is 10.5. The summed E-state index contributed by atoms with van der Waals surface area (Å²) in [4.78, 5) is 79.3. The molecule has 1 saturated heterocycles. The number of aliphatic hydroxyl groups excluding tert-OH is 2. The predicted molar refractivity (Wildman–Crippen MR) is 287 cm³/mol. The highest BCUT2D eigenvalue weighted by Gasteiger charge is 2.44. The molecule has 0 radical (unpaired) electrons. The van der Waals surface area contributed by atoms with E-state index in [4.69, 9.17) is 9.72 Å². The third-order valence-corrected chi connectivity index (χ3v) is 16.2. The first-order valence-electron chi connectivity index (χ1n) is 26.7. The van der Waals surface area contributed by atoms with Crippen LogP contribution in [0.2, 0.25) is 0 Å². The summed E-state index contributed by atoms with van der Waals surface area (Å²) in [6.07, 6.45) is 10.3. The quantitative estimate of drug-likeness (QED) is 0.0433. The number of fused-ring (bicyclic) bond motifs is 2. The molecular weight excluding hydrogens is 953 g/mol. The minimum atomic E-state index is -0.796. The molecule has 4 N–H and O–H groups in total. The van der Waals surface area contributed by atoms with Crippen LogP contribution in [0.25, 0.3) is 21.7 Å². The lowest BCUT2D eigenvalue weighted by molar-refractivity contribution is -0.145. The van der Waals surface area contributed by atoms with Gasteiger partial charge in [-0.3, -0.25) is 24.0 Å². The number of hydrogen-bond acceptors (Lipinski definition) is 11. The van der Waals surface area contributed by atoms with Crippen molar-refractivity contribution in [3.63, 3.8) is 0 Å². The summed E-state index contributed by atoms with van der Waals surface area (Å²) < 4.78 is 8.35. The van der Waals surface area contributed by atoms with Crippen molar-refractivity contribution in [1.82, 2.24) is 30.1 Å². The average molecular weight is 1030 g/mol. The molecule has 0 unspecified atom stereocenters. The monoisotopic (exact) mass is 1030 g/mol. The van der Waals surface area contributed by atoms with E-state index in [1.807, 2.05) is 64.4 Å². The minimum Gasteiger partial charge on any atom is -0.493 e. The number of carbonyl (C=O) groups excluding carboxylic acids is 5. The minimum absolute atomic E-state index is 0.00588. The Morgan fingerprint density at radius 2 is 1.69 bits per heavy atom. The van der Waals surface area contributed by atoms with Gasteiger partial charge in [0.05, 0.1) is 53.2 Å². The van der Waals surface area contributed by atoms with Crippen molar-refractivity contribution in [2.24, 2.45) is 11.3 Å². The van der Waals surface area contributed by atoms with Crippen molar-refractivity contribution in [1.29, 1.82) is 0 Å². The molecule has 394 valence electrons. The van der Waals surface area contributed by atoms with Crippen molar-refractivity contribution in [3.05, 3.63) is 111 Å². The number of ether oxygens (including phenoxy) is 1. The van der Waals surface area contributed by atoms with Crippen molar-refractivity contribution in [2.75, 3.05) is 19.7 Å². The van der Waals surface area contributed by atoms with Crippen LogP contribution < -0.4 is 15.4 Å². The Morgan fingerprint density at radius 3 is 2.42 bits per heavy atom. The summed E-state index contributed by atoms with van der Waals surface area (Å²) in [6, 6.07) is 17.1. The van der Waals surface area contributed by atoms with Crippen LogP contribution in [0.4, 0.5) is 0 Å². The standard InChI is InChI=1S/C59H74N6O8S/c1-37-44(35-66)28-43(57(71)63-49-23-22-40-20-21-42(29-47(40)49)50-34-64-26-10-13-54(64)62-50)30-53(37)73-27-11-25-60-55(70)14-9-7-6-8-12-45(67)31-48(59(3,4)5)58(72)65-33-46(68)32-51(65)52(69)24-17-39-15-18-41(19-16-39)56-38(2)61-36-74-56/h15-16,18-21,28-30,34,36,46,48-49,51,66,68H,6-14,17,22-27,31-33,35H2,1-5H3,(H,60,70)(H,63,71)/t46-,48-,49-,51+/m1/s1. The number of carbonyl (C=O) groups is 5. The van der Waals surface area contributed by atoms with Crippen molar-refractivity contribution in [2.45, 2.75) is 162 Å². The molecule has 3 amide bonds. The lowest BCUT2D eigenvalue weighted by atomic mass is 9.76. The van der Waals surface area contributed by atoms with Gasteiger partial charge in [0, 0.05) is 81.4 Å². The first-order valence-corrected chi connectivity index (χ1v) is 27.6. The number of ketones is 2. The molecule has 0 spiro atoms. The lowest BCUT2D eigenvalue weighted by Gasteiger charge is -2.34. The van der Waals surface area contributed by atoms with E-state index < -0.39 is 23.5 Å². The van der Waals surface area contributed by atoms with Crippen LogP contribution >= 0.6 is 11.3 Å². The van der Waals surface area contributed by atoms with Gasteiger partial charge in [0.25, 0.3) is 5.91 Å². The maximum Gasteiger partial charge on any atom is 0.251 e. The van der Waals surface area contributed by atoms with E-state index in [-0.39, 0.29) is 67.7 Å². The zero-order chi connectivity index (χ0) is 52.5. The van der Waals surface area contributed by atoms with Gasteiger partial charge in [-0.2, -0.15) is 0 Å². The van der Waals surface area contributed by atoms with Gasteiger partial charge in [0.15, 0.2) is 5.78 Å². The molecule has 4 heterocycles. The molecule has 5 aromatic rings. The Hall–Kier alpha value is -6.03. The first kappa shape index (κ1) is 54.2. The Kier molecular flexibility index (Phi) is 18.0. The van der Waals surface area contributed by atoms with Gasteiger partial charge in [-0.15, -0.1) is 11.3 Å². The Bertz CT molecular complexity index is 2790. The highest BCUT2D eigenvalue weighted by molar-refractivity contribution is 7.13. The summed E-state index contributed by atoms with van der Waals surface area (Å²) in [6.45, 7) is 11.2. The van der Waals surface area contributed by atoms with Gasteiger partial charge in [0.2, 0.25) is 11.8 Å². The van der Waals surface area contributed by atoms with Crippen LogP contribution in [0.1, 0.15) is 154 Å². The van der Waals surface area contributed by atoms with Gasteiger partial charge >= 0.3 is 0 Å². The normalized spacial score (nSPS) is 17.5. The third-order valence-electron chi connectivity index (χ3n) is 15.2.